The second-order valence-corrected chi connectivity index (χ2v) is 7.03. The van der Waals surface area contributed by atoms with Gasteiger partial charge in [0, 0.05) is 5.56 Å². The highest BCUT2D eigenvalue weighted by molar-refractivity contribution is 7.92. The van der Waals surface area contributed by atoms with E-state index in [4.69, 9.17) is 9.84 Å². The average Bonchev–Trinajstić information content (AvgIpc) is 2.41. The molecule has 1 atom stereocenters. The molecular weight excluding hydrogens is 290 g/mol. The van der Waals surface area contributed by atoms with Crippen molar-refractivity contribution in [2.75, 3.05) is 24.2 Å². The van der Waals surface area contributed by atoms with Crippen LogP contribution < -0.4 is 9.46 Å². The summed E-state index contributed by atoms with van der Waals surface area (Å²) in [5.74, 6) is 1.18. The smallest absolute Gasteiger partial charge is 0.229 e. The fourth-order valence-electron chi connectivity index (χ4n) is 2.00. The maximum Gasteiger partial charge on any atom is 0.229 e. The van der Waals surface area contributed by atoms with Gasteiger partial charge in [0.15, 0.2) is 0 Å². The molecule has 21 heavy (non-hydrogen) atoms. The Labute approximate surface area is 127 Å². The molecule has 0 amide bonds. The van der Waals surface area contributed by atoms with Gasteiger partial charge in [-0.05, 0) is 30.9 Å². The minimum Gasteiger partial charge on any atom is -0.491 e. The summed E-state index contributed by atoms with van der Waals surface area (Å²) < 4.78 is 31.0. The minimum atomic E-state index is -3.34. The summed E-state index contributed by atoms with van der Waals surface area (Å²) in [5.41, 5.74) is 1.40. The molecule has 0 saturated carbocycles. The molecule has 0 radical (unpaired) electrons. The second kappa shape index (κ2) is 8.24. The average molecular weight is 315 g/mol. The number of aliphatic hydroxyl groups is 1. The Balaban J connectivity index is 3.04. The third-order valence-corrected chi connectivity index (χ3v) is 3.95. The molecule has 0 fully saturated rings. The highest BCUT2D eigenvalue weighted by Gasteiger charge is 2.14. The molecule has 1 aromatic carbocycles. The van der Waals surface area contributed by atoms with E-state index in [0.29, 0.717) is 17.4 Å². The molecule has 1 unspecified atom stereocenters. The number of hydrogen-bond donors (Lipinski definition) is 2. The van der Waals surface area contributed by atoms with Crippen LogP contribution in [-0.2, 0) is 16.4 Å². The van der Waals surface area contributed by atoms with Crippen LogP contribution in [0.4, 0.5) is 5.69 Å². The molecule has 5 nitrogen and oxygen atoms in total. The third-order valence-electron chi connectivity index (χ3n) is 3.36. The van der Waals surface area contributed by atoms with Crippen molar-refractivity contribution in [1.82, 2.24) is 0 Å². The Kier molecular flexibility index (Phi) is 6.98. The Morgan fingerprint density at radius 1 is 1.38 bits per heavy atom. The Hall–Kier alpha value is -1.27. The molecule has 1 rings (SSSR count). The summed E-state index contributed by atoms with van der Waals surface area (Å²) in [4.78, 5) is 0. The number of sulfonamides is 1. The molecule has 0 aliphatic rings. The summed E-state index contributed by atoms with van der Waals surface area (Å²) >= 11 is 0. The number of aliphatic hydroxyl groups excluding tert-OH is 1. The first-order valence-electron chi connectivity index (χ1n) is 7.20. The first-order chi connectivity index (χ1) is 9.87. The van der Waals surface area contributed by atoms with Gasteiger partial charge in [0.1, 0.15) is 12.4 Å². The van der Waals surface area contributed by atoms with Crippen LogP contribution in [0.5, 0.6) is 5.75 Å². The number of hydrogen-bond acceptors (Lipinski definition) is 4. The van der Waals surface area contributed by atoms with Crippen LogP contribution in [-0.4, -0.2) is 33.0 Å². The predicted molar refractivity (Wildman–Crippen MR) is 85.3 cm³/mol. The molecule has 0 heterocycles. The van der Waals surface area contributed by atoms with Crippen molar-refractivity contribution in [3.8, 4) is 5.75 Å². The lowest BCUT2D eigenvalue weighted by Gasteiger charge is -2.17. The van der Waals surface area contributed by atoms with Gasteiger partial charge in [-0.2, -0.15) is 0 Å². The van der Waals surface area contributed by atoms with E-state index in [9.17, 15) is 8.42 Å². The quantitative estimate of drug-likeness (QED) is 0.734. The second-order valence-electron chi connectivity index (χ2n) is 5.28. The number of benzene rings is 1. The van der Waals surface area contributed by atoms with Crippen LogP contribution in [0.15, 0.2) is 18.2 Å². The molecule has 120 valence electrons. The molecule has 2 N–H and O–H groups in total. The zero-order valence-corrected chi connectivity index (χ0v) is 13.7. The van der Waals surface area contributed by atoms with Crippen molar-refractivity contribution in [2.45, 2.75) is 33.1 Å². The van der Waals surface area contributed by atoms with Gasteiger partial charge < -0.3 is 9.84 Å². The molecule has 0 saturated heterocycles. The first kappa shape index (κ1) is 17.8. The number of anilines is 1. The number of nitrogens with one attached hydrogen (secondary N) is 1. The van der Waals surface area contributed by atoms with E-state index in [1.165, 1.54) is 0 Å². The van der Waals surface area contributed by atoms with Crippen molar-refractivity contribution in [2.24, 2.45) is 5.92 Å². The molecule has 0 spiro atoms. The van der Waals surface area contributed by atoms with E-state index >= 15 is 0 Å². The van der Waals surface area contributed by atoms with E-state index in [1.807, 2.05) is 0 Å². The molecular formula is C15H25NO4S. The zero-order chi connectivity index (χ0) is 15.9. The largest absolute Gasteiger partial charge is 0.491 e. The van der Waals surface area contributed by atoms with Crippen molar-refractivity contribution < 1.29 is 18.3 Å². The predicted octanol–water partition coefficient (Wildman–Crippen LogP) is 2.41. The lowest BCUT2D eigenvalue weighted by atomic mass is 9.97. The number of rotatable bonds is 9. The lowest BCUT2D eigenvalue weighted by molar-refractivity contribution is 0.200. The van der Waals surface area contributed by atoms with Crippen molar-refractivity contribution >= 4 is 15.7 Å². The summed E-state index contributed by atoms with van der Waals surface area (Å²) in [6.07, 6.45) is 3.89. The van der Waals surface area contributed by atoms with Gasteiger partial charge in [0.2, 0.25) is 10.0 Å². The van der Waals surface area contributed by atoms with Crippen LogP contribution in [0, 0.1) is 5.92 Å². The van der Waals surface area contributed by atoms with Gasteiger partial charge in [-0.3, -0.25) is 4.72 Å². The summed E-state index contributed by atoms with van der Waals surface area (Å²) in [7, 11) is -3.34. The van der Waals surface area contributed by atoms with Crippen LogP contribution in [0.2, 0.25) is 0 Å². The van der Waals surface area contributed by atoms with Gasteiger partial charge in [0.05, 0.1) is 18.6 Å². The minimum absolute atomic E-state index is 0.0749. The van der Waals surface area contributed by atoms with Crippen LogP contribution >= 0.6 is 0 Å². The van der Waals surface area contributed by atoms with Crippen molar-refractivity contribution in [3.05, 3.63) is 23.8 Å². The lowest BCUT2D eigenvalue weighted by Crippen LogP contribution is -2.13. The van der Waals surface area contributed by atoms with Crippen LogP contribution in [0.25, 0.3) is 0 Å². The van der Waals surface area contributed by atoms with Gasteiger partial charge in [0.25, 0.3) is 0 Å². The number of ether oxygens (including phenoxy) is 1. The Bertz CT molecular complexity index is 543. The SMILES string of the molecule is CCC(C)CCc1c(NS(C)(=O)=O)cccc1OCCO. The Morgan fingerprint density at radius 2 is 2.10 bits per heavy atom. The first-order valence-corrected chi connectivity index (χ1v) is 9.09. The molecule has 0 bridgehead atoms. The van der Waals surface area contributed by atoms with E-state index in [2.05, 4.69) is 18.6 Å². The highest BCUT2D eigenvalue weighted by atomic mass is 32.2. The van der Waals surface area contributed by atoms with Crippen molar-refractivity contribution in [1.29, 1.82) is 0 Å². The van der Waals surface area contributed by atoms with E-state index in [0.717, 1.165) is 31.1 Å². The van der Waals surface area contributed by atoms with E-state index < -0.39 is 10.0 Å². The van der Waals surface area contributed by atoms with Gasteiger partial charge in [-0.15, -0.1) is 0 Å². The highest BCUT2D eigenvalue weighted by Crippen LogP contribution is 2.30. The topological polar surface area (TPSA) is 75.6 Å². The summed E-state index contributed by atoms with van der Waals surface area (Å²) in [6.45, 7) is 4.42. The fraction of sp³-hybridized carbons (Fsp3) is 0.600. The van der Waals surface area contributed by atoms with Crippen molar-refractivity contribution in [3.63, 3.8) is 0 Å². The maximum atomic E-state index is 11.5. The van der Waals surface area contributed by atoms with E-state index in [-0.39, 0.29) is 13.2 Å². The molecule has 0 aliphatic heterocycles. The van der Waals surface area contributed by atoms with Gasteiger partial charge >= 0.3 is 0 Å². The standard InChI is InChI=1S/C15H25NO4S/c1-4-12(2)8-9-13-14(16-21(3,18)19)6-5-7-15(13)20-11-10-17/h5-7,12,16-17H,4,8-11H2,1-3H3. The van der Waals surface area contributed by atoms with Gasteiger partial charge in [-0.25, -0.2) is 8.42 Å². The van der Waals surface area contributed by atoms with Gasteiger partial charge in [-0.1, -0.05) is 26.3 Å². The molecule has 0 aromatic heterocycles. The summed E-state index contributed by atoms with van der Waals surface area (Å²) in [6, 6.07) is 5.28. The molecule has 0 aliphatic carbocycles. The Morgan fingerprint density at radius 3 is 2.67 bits per heavy atom. The van der Waals surface area contributed by atoms with Crippen LogP contribution in [0.1, 0.15) is 32.3 Å². The third kappa shape index (κ3) is 6.35. The monoisotopic (exact) mass is 315 g/mol. The zero-order valence-electron chi connectivity index (χ0n) is 12.9. The normalized spacial score (nSPS) is 13.0. The summed E-state index contributed by atoms with van der Waals surface area (Å²) in [5, 5.41) is 8.89. The molecule has 6 heteroatoms. The fourth-order valence-corrected chi connectivity index (χ4v) is 2.60. The van der Waals surface area contributed by atoms with E-state index in [1.54, 1.807) is 18.2 Å². The molecule has 1 aromatic rings. The maximum absolute atomic E-state index is 11.5. The van der Waals surface area contributed by atoms with Crippen LogP contribution in [0.3, 0.4) is 0 Å².